The average molecular weight is 534 g/mol. The van der Waals surface area contributed by atoms with Gasteiger partial charge in [-0.05, 0) is 74.1 Å². The molecule has 1 aromatic heterocycles. The van der Waals surface area contributed by atoms with Gasteiger partial charge in [0.25, 0.3) is 0 Å². The highest BCUT2D eigenvalue weighted by molar-refractivity contribution is 6.31. The Morgan fingerprint density at radius 3 is 2.33 bits per heavy atom. The lowest BCUT2D eigenvalue weighted by Gasteiger charge is -2.14. The summed E-state index contributed by atoms with van der Waals surface area (Å²) in [5, 5.41) is 1.52. The number of aryl methyl sites for hydroxylation is 1. The molecule has 0 radical (unpaired) electrons. The van der Waals surface area contributed by atoms with Gasteiger partial charge in [0.15, 0.2) is 5.82 Å². The number of aliphatic imine (C=N–C) groups is 1. The molecule has 194 valence electrons. The summed E-state index contributed by atoms with van der Waals surface area (Å²) in [6.07, 6.45) is 6.09. The fraction of sp³-hybridized carbons (Fsp3) is 0.367. The van der Waals surface area contributed by atoms with Gasteiger partial charge in [0, 0.05) is 33.2 Å². The second-order valence-electron chi connectivity index (χ2n) is 9.05. The summed E-state index contributed by atoms with van der Waals surface area (Å²) in [6.45, 7) is 13.3. The molecule has 1 atom stereocenters. The summed E-state index contributed by atoms with van der Waals surface area (Å²) in [5.41, 5.74) is 5.42. The van der Waals surface area contributed by atoms with Crippen LogP contribution >= 0.6 is 23.2 Å². The Hall–Kier alpha value is -2.43. The van der Waals surface area contributed by atoms with Crippen molar-refractivity contribution in [2.45, 2.75) is 72.6 Å². The van der Waals surface area contributed by atoms with Crippen LogP contribution in [0.5, 0.6) is 0 Å². The number of benzene rings is 2. The summed E-state index contributed by atoms with van der Waals surface area (Å²) in [7, 11) is 0. The SMILES string of the molecule is C=C(C)/C(F)=C\N=C(C)CCC.CCCCc1c(C(C)c2ccc(Cl)cc2)[nH]c2ccc(Cl)c(F)c12. The highest BCUT2D eigenvalue weighted by atomic mass is 35.5. The average Bonchev–Trinajstić information content (AvgIpc) is 3.23. The zero-order chi connectivity index (χ0) is 26.8. The first-order chi connectivity index (χ1) is 17.1. The first kappa shape index (κ1) is 29.8. The van der Waals surface area contributed by atoms with E-state index in [1.54, 1.807) is 13.0 Å². The molecule has 0 aliphatic heterocycles. The highest BCUT2D eigenvalue weighted by Crippen LogP contribution is 2.36. The van der Waals surface area contributed by atoms with Crippen molar-refractivity contribution in [3.05, 3.63) is 93.3 Å². The molecule has 3 rings (SSSR count). The van der Waals surface area contributed by atoms with E-state index in [4.69, 9.17) is 23.2 Å². The Balaban J connectivity index is 0.000000324. The lowest BCUT2D eigenvalue weighted by Crippen LogP contribution is -2.01. The van der Waals surface area contributed by atoms with Gasteiger partial charge in [-0.1, -0.05) is 75.5 Å². The van der Waals surface area contributed by atoms with Gasteiger partial charge in [0.05, 0.1) is 11.2 Å². The molecule has 0 fully saturated rings. The third-order valence-corrected chi connectivity index (χ3v) is 6.54. The summed E-state index contributed by atoms with van der Waals surface area (Å²) in [4.78, 5) is 7.38. The lowest BCUT2D eigenvalue weighted by atomic mass is 9.92. The summed E-state index contributed by atoms with van der Waals surface area (Å²) < 4.78 is 27.4. The van der Waals surface area contributed by atoms with E-state index in [9.17, 15) is 8.78 Å². The van der Waals surface area contributed by atoms with Crippen molar-refractivity contribution >= 4 is 39.8 Å². The van der Waals surface area contributed by atoms with Crippen LogP contribution in [0.2, 0.25) is 10.0 Å². The van der Waals surface area contributed by atoms with Crippen molar-refractivity contribution in [3.8, 4) is 0 Å². The number of rotatable bonds is 9. The maximum Gasteiger partial charge on any atom is 0.151 e. The monoisotopic (exact) mass is 532 g/mol. The first-order valence-corrected chi connectivity index (χ1v) is 13.1. The Morgan fingerprint density at radius 2 is 1.75 bits per heavy atom. The number of aromatic amines is 1. The van der Waals surface area contributed by atoms with E-state index in [0.717, 1.165) is 60.2 Å². The second-order valence-corrected chi connectivity index (χ2v) is 9.89. The van der Waals surface area contributed by atoms with Crippen molar-refractivity contribution in [1.82, 2.24) is 4.98 Å². The molecule has 0 spiro atoms. The normalized spacial score (nSPS) is 12.9. The van der Waals surface area contributed by atoms with Gasteiger partial charge >= 0.3 is 0 Å². The summed E-state index contributed by atoms with van der Waals surface area (Å²) in [5.74, 6) is -0.545. The molecule has 0 saturated heterocycles. The predicted molar refractivity (Wildman–Crippen MR) is 153 cm³/mol. The smallest absolute Gasteiger partial charge is 0.151 e. The number of aromatic nitrogens is 1. The molecule has 2 nitrogen and oxygen atoms in total. The number of hydrogen-bond acceptors (Lipinski definition) is 1. The third-order valence-electron chi connectivity index (χ3n) is 5.99. The molecule has 1 N–H and O–H groups in total. The van der Waals surface area contributed by atoms with Crippen molar-refractivity contribution in [2.24, 2.45) is 4.99 Å². The Labute approximate surface area is 224 Å². The van der Waals surface area contributed by atoms with Gasteiger partial charge in [-0.25, -0.2) is 8.78 Å². The largest absolute Gasteiger partial charge is 0.358 e. The minimum Gasteiger partial charge on any atom is -0.358 e. The number of hydrogen-bond donors (Lipinski definition) is 1. The zero-order valence-electron chi connectivity index (χ0n) is 21.8. The van der Waals surface area contributed by atoms with Gasteiger partial charge in [-0.3, -0.25) is 4.99 Å². The fourth-order valence-electron chi connectivity index (χ4n) is 3.91. The van der Waals surface area contributed by atoms with Crippen LogP contribution in [0.1, 0.15) is 83.0 Å². The van der Waals surface area contributed by atoms with Crippen molar-refractivity contribution in [3.63, 3.8) is 0 Å². The zero-order valence-corrected chi connectivity index (χ0v) is 23.3. The van der Waals surface area contributed by atoms with Crippen LogP contribution in [0, 0.1) is 5.82 Å². The standard InChI is InChI=1S/C20H20Cl2FN.C10H16FN/c1-3-4-5-15-18-17(11-10-16(22)19(18)23)24-20(15)12(2)13-6-8-14(21)9-7-13;1-5-6-9(4)12-7-10(11)8(2)3/h6-12,24H,3-5H2,1-2H3;7H,2,5-6H2,1,3-4H3/b;10-7+,12-9?. The summed E-state index contributed by atoms with van der Waals surface area (Å²) in [6, 6.07) is 11.3. The molecule has 0 aliphatic rings. The molecule has 1 heterocycles. The van der Waals surface area contributed by atoms with Gasteiger partial charge in [0.2, 0.25) is 0 Å². The van der Waals surface area contributed by atoms with Crippen molar-refractivity contribution in [1.29, 1.82) is 0 Å². The minimum atomic E-state index is -0.342. The first-order valence-electron chi connectivity index (χ1n) is 12.4. The van der Waals surface area contributed by atoms with Crippen LogP contribution in [0.4, 0.5) is 8.78 Å². The topological polar surface area (TPSA) is 28.1 Å². The number of allylic oxidation sites excluding steroid dienone is 2. The number of halogens is 4. The minimum absolute atomic E-state index is 0.125. The molecule has 2 aromatic carbocycles. The van der Waals surface area contributed by atoms with E-state index in [-0.39, 0.29) is 22.6 Å². The second kappa shape index (κ2) is 14.3. The van der Waals surface area contributed by atoms with Crippen molar-refractivity contribution < 1.29 is 8.78 Å². The van der Waals surface area contributed by atoms with E-state index in [1.807, 2.05) is 37.3 Å². The van der Waals surface area contributed by atoms with Crippen LogP contribution in [-0.4, -0.2) is 10.7 Å². The van der Waals surface area contributed by atoms with Crippen LogP contribution < -0.4 is 0 Å². The fourth-order valence-corrected chi connectivity index (χ4v) is 4.19. The van der Waals surface area contributed by atoms with Crippen molar-refractivity contribution in [2.75, 3.05) is 0 Å². The molecule has 36 heavy (non-hydrogen) atoms. The number of nitrogens with zero attached hydrogens (tertiary/aromatic N) is 1. The Kier molecular flexibility index (Phi) is 11.9. The third kappa shape index (κ3) is 8.04. The molecular weight excluding hydrogens is 497 g/mol. The maximum atomic E-state index is 14.6. The van der Waals surface area contributed by atoms with Crippen LogP contribution in [0.25, 0.3) is 10.9 Å². The van der Waals surface area contributed by atoms with Crippen LogP contribution in [0.15, 0.2) is 65.6 Å². The molecule has 1 unspecified atom stereocenters. The van der Waals surface area contributed by atoms with E-state index in [2.05, 4.69) is 37.3 Å². The molecule has 3 aromatic rings. The van der Waals surface area contributed by atoms with E-state index < -0.39 is 0 Å². The number of nitrogens with one attached hydrogen (secondary N) is 1. The lowest BCUT2D eigenvalue weighted by molar-refractivity contribution is 0.638. The maximum absolute atomic E-state index is 14.6. The molecular formula is C30H36Cl2F2N2. The number of H-pyrrole nitrogens is 1. The highest BCUT2D eigenvalue weighted by Gasteiger charge is 2.21. The van der Waals surface area contributed by atoms with E-state index >= 15 is 0 Å². The van der Waals surface area contributed by atoms with Gasteiger partial charge in [0.1, 0.15) is 5.83 Å². The number of fused-ring (bicyclic) bond motifs is 1. The Bertz CT molecular complexity index is 1220. The molecule has 0 amide bonds. The summed E-state index contributed by atoms with van der Waals surface area (Å²) >= 11 is 12.0. The van der Waals surface area contributed by atoms with Gasteiger partial charge in [-0.2, -0.15) is 0 Å². The molecule has 0 bridgehead atoms. The quantitative estimate of drug-likeness (QED) is 0.209. The number of unbranched alkanes of at least 4 members (excludes halogenated alkanes) is 1. The molecule has 6 heteroatoms. The van der Waals surface area contributed by atoms with Gasteiger partial charge < -0.3 is 4.98 Å². The van der Waals surface area contributed by atoms with E-state index in [1.165, 1.54) is 6.20 Å². The molecule has 0 aliphatic carbocycles. The van der Waals surface area contributed by atoms with Gasteiger partial charge in [-0.15, -0.1) is 0 Å². The Morgan fingerprint density at radius 1 is 1.08 bits per heavy atom. The van der Waals surface area contributed by atoms with Crippen LogP contribution in [0.3, 0.4) is 0 Å². The molecule has 0 saturated carbocycles. The van der Waals surface area contributed by atoms with E-state index in [0.29, 0.717) is 16.0 Å². The predicted octanol–water partition coefficient (Wildman–Crippen LogP) is 10.7. The van der Waals surface area contributed by atoms with Crippen LogP contribution in [-0.2, 0) is 6.42 Å².